The summed E-state index contributed by atoms with van der Waals surface area (Å²) in [7, 11) is 1.62. The standard InChI is InChI=1S/C21H24N4O4/c1-28-15-6-2-13(3-7-15)19-20(29-11-18(26)25(19)14-4-5-14)21(27)24-9-8-16-17(10-24)23-12-22-16/h2-3,6-7,12,14,19-20H,4-5,8-11H2,1H3,(H,22,23)/t19-,20+/m1/s1. The third kappa shape index (κ3) is 3.27. The van der Waals surface area contributed by atoms with Crippen LogP contribution in [0.2, 0.25) is 0 Å². The van der Waals surface area contributed by atoms with Crippen LogP contribution in [-0.2, 0) is 27.3 Å². The van der Waals surface area contributed by atoms with Gasteiger partial charge < -0.3 is 24.3 Å². The lowest BCUT2D eigenvalue weighted by atomic mass is 9.95. The molecule has 1 N–H and O–H groups in total. The monoisotopic (exact) mass is 396 g/mol. The van der Waals surface area contributed by atoms with Crippen LogP contribution in [-0.4, -0.2) is 64.0 Å². The highest BCUT2D eigenvalue weighted by Gasteiger charge is 2.48. The van der Waals surface area contributed by atoms with Crippen LogP contribution in [0, 0.1) is 0 Å². The van der Waals surface area contributed by atoms with Crippen molar-refractivity contribution < 1.29 is 19.1 Å². The zero-order valence-electron chi connectivity index (χ0n) is 16.3. The van der Waals surface area contributed by atoms with Crippen LogP contribution in [0.4, 0.5) is 0 Å². The van der Waals surface area contributed by atoms with E-state index >= 15 is 0 Å². The second-order valence-corrected chi connectivity index (χ2v) is 7.82. The van der Waals surface area contributed by atoms with Crippen molar-refractivity contribution in [3.8, 4) is 5.75 Å². The summed E-state index contributed by atoms with van der Waals surface area (Å²) in [5, 5.41) is 0. The van der Waals surface area contributed by atoms with Gasteiger partial charge in [-0.2, -0.15) is 0 Å². The van der Waals surface area contributed by atoms with Gasteiger partial charge in [0.15, 0.2) is 6.10 Å². The van der Waals surface area contributed by atoms with E-state index in [-0.39, 0.29) is 24.5 Å². The zero-order chi connectivity index (χ0) is 20.0. The summed E-state index contributed by atoms with van der Waals surface area (Å²) < 4.78 is 11.1. The van der Waals surface area contributed by atoms with Crippen LogP contribution in [0.5, 0.6) is 5.75 Å². The predicted octanol–water partition coefficient (Wildman–Crippen LogP) is 1.43. The zero-order valence-corrected chi connectivity index (χ0v) is 16.3. The van der Waals surface area contributed by atoms with Gasteiger partial charge in [0.25, 0.3) is 5.91 Å². The number of aromatic amines is 1. The van der Waals surface area contributed by atoms with E-state index in [2.05, 4.69) is 9.97 Å². The third-order valence-corrected chi connectivity index (χ3v) is 5.99. The van der Waals surface area contributed by atoms with E-state index in [1.165, 1.54) is 0 Å². The molecule has 0 bridgehead atoms. The number of H-pyrrole nitrogens is 1. The summed E-state index contributed by atoms with van der Waals surface area (Å²) >= 11 is 0. The number of nitrogens with zero attached hydrogens (tertiary/aromatic N) is 3. The Morgan fingerprint density at radius 2 is 2.07 bits per heavy atom. The fourth-order valence-electron chi connectivity index (χ4n) is 4.33. The lowest BCUT2D eigenvalue weighted by Crippen LogP contribution is -2.56. The van der Waals surface area contributed by atoms with Crippen molar-refractivity contribution >= 4 is 11.8 Å². The van der Waals surface area contributed by atoms with Crippen molar-refractivity contribution in [1.82, 2.24) is 19.8 Å². The molecule has 0 radical (unpaired) electrons. The topological polar surface area (TPSA) is 87.8 Å². The van der Waals surface area contributed by atoms with Gasteiger partial charge in [0.1, 0.15) is 12.4 Å². The van der Waals surface area contributed by atoms with Gasteiger partial charge in [-0.1, -0.05) is 12.1 Å². The van der Waals surface area contributed by atoms with Crippen LogP contribution in [0.25, 0.3) is 0 Å². The summed E-state index contributed by atoms with van der Waals surface area (Å²) in [5.41, 5.74) is 2.87. The van der Waals surface area contributed by atoms with Crippen molar-refractivity contribution in [2.75, 3.05) is 20.3 Å². The Morgan fingerprint density at radius 1 is 1.28 bits per heavy atom. The summed E-state index contributed by atoms with van der Waals surface area (Å²) in [6.45, 7) is 1.03. The number of aromatic nitrogens is 2. The number of morpholine rings is 1. The van der Waals surface area contributed by atoms with Crippen LogP contribution in [0.15, 0.2) is 30.6 Å². The molecule has 2 fully saturated rings. The molecule has 152 valence electrons. The first-order valence-corrected chi connectivity index (χ1v) is 10.0. The van der Waals surface area contributed by atoms with Crippen LogP contribution >= 0.6 is 0 Å². The van der Waals surface area contributed by atoms with Gasteiger partial charge in [-0.3, -0.25) is 9.59 Å². The number of ether oxygens (including phenoxy) is 2. The minimum atomic E-state index is -0.717. The number of imidazole rings is 1. The molecule has 1 aromatic heterocycles. The van der Waals surface area contributed by atoms with Crippen molar-refractivity contribution in [3.63, 3.8) is 0 Å². The quantitative estimate of drug-likeness (QED) is 0.845. The Hall–Kier alpha value is -2.87. The predicted molar refractivity (Wildman–Crippen MR) is 103 cm³/mol. The maximum Gasteiger partial charge on any atom is 0.254 e. The smallest absolute Gasteiger partial charge is 0.254 e. The van der Waals surface area contributed by atoms with Crippen molar-refractivity contribution in [3.05, 3.63) is 47.5 Å². The minimum absolute atomic E-state index is 0.0492. The third-order valence-electron chi connectivity index (χ3n) is 5.99. The summed E-state index contributed by atoms with van der Waals surface area (Å²) in [6, 6.07) is 7.33. The summed E-state index contributed by atoms with van der Waals surface area (Å²) in [4.78, 5) is 37.3. The first kappa shape index (κ1) is 18.2. The number of hydrogen-bond donors (Lipinski definition) is 1. The maximum absolute atomic E-state index is 13.5. The Bertz CT molecular complexity index is 921. The van der Waals surface area contributed by atoms with E-state index in [0.717, 1.165) is 42.0 Å². The highest BCUT2D eigenvalue weighted by atomic mass is 16.5. The lowest BCUT2D eigenvalue weighted by molar-refractivity contribution is -0.170. The van der Waals surface area contributed by atoms with Gasteiger partial charge in [0.05, 0.1) is 37.4 Å². The summed E-state index contributed by atoms with van der Waals surface area (Å²) in [5.74, 6) is 0.608. The number of nitrogens with one attached hydrogen (secondary N) is 1. The minimum Gasteiger partial charge on any atom is -0.497 e. The highest BCUT2D eigenvalue weighted by molar-refractivity contribution is 5.87. The molecule has 2 amide bonds. The number of carbonyl (C=O) groups excluding carboxylic acids is 2. The first-order chi connectivity index (χ1) is 14.2. The van der Waals surface area contributed by atoms with Crippen molar-refractivity contribution in [1.29, 1.82) is 0 Å². The number of benzene rings is 1. The van der Waals surface area contributed by atoms with Gasteiger partial charge >= 0.3 is 0 Å². The fraction of sp³-hybridized carbons (Fsp3) is 0.476. The molecular formula is C21H24N4O4. The average molecular weight is 396 g/mol. The first-order valence-electron chi connectivity index (χ1n) is 10.0. The van der Waals surface area contributed by atoms with Crippen LogP contribution < -0.4 is 4.74 Å². The maximum atomic E-state index is 13.5. The number of fused-ring (bicyclic) bond motifs is 1. The Balaban J connectivity index is 1.46. The second-order valence-electron chi connectivity index (χ2n) is 7.82. The van der Waals surface area contributed by atoms with Gasteiger partial charge in [-0.25, -0.2) is 4.98 Å². The number of amides is 2. The molecule has 2 aromatic rings. The van der Waals surface area contributed by atoms with Gasteiger partial charge in [-0.15, -0.1) is 0 Å². The largest absolute Gasteiger partial charge is 0.497 e. The molecular weight excluding hydrogens is 372 g/mol. The number of methoxy groups -OCH3 is 1. The molecule has 1 aromatic carbocycles. The number of hydrogen-bond acceptors (Lipinski definition) is 5. The second kappa shape index (κ2) is 7.18. The van der Waals surface area contributed by atoms with Gasteiger partial charge in [-0.05, 0) is 30.5 Å². The Morgan fingerprint density at radius 3 is 2.79 bits per heavy atom. The number of carbonyl (C=O) groups is 2. The fourth-order valence-corrected chi connectivity index (χ4v) is 4.33. The molecule has 1 aliphatic carbocycles. The normalized spacial score (nSPS) is 24.4. The molecule has 1 saturated heterocycles. The highest BCUT2D eigenvalue weighted by Crippen LogP contribution is 2.40. The molecule has 2 atom stereocenters. The SMILES string of the molecule is COc1ccc([C@@H]2[C@@H](C(=O)N3CCc4nc[nH]c4C3)OCC(=O)N2C2CC2)cc1. The molecule has 1 saturated carbocycles. The van der Waals surface area contributed by atoms with Crippen LogP contribution in [0.1, 0.15) is 35.8 Å². The number of rotatable bonds is 4. The van der Waals surface area contributed by atoms with Gasteiger partial charge in [0, 0.05) is 19.0 Å². The van der Waals surface area contributed by atoms with Gasteiger partial charge in [0.2, 0.25) is 5.91 Å². The van der Waals surface area contributed by atoms with E-state index < -0.39 is 12.1 Å². The van der Waals surface area contributed by atoms with E-state index in [1.54, 1.807) is 13.4 Å². The Kier molecular flexibility index (Phi) is 4.50. The molecule has 2 aliphatic heterocycles. The molecule has 3 aliphatic rings. The average Bonchev–Trinajstić information content (AvgIpc) is 3.48. The van der Waals surface area contributed by atoms with E-state index in [4.69, 9.17) is 9.47 Å². The Labute approximate surface area is 168 Å². The molecule has 8 heteroatoms. The molecule has 0 unspecified atom stereocenters. The molecule has 0 spiro atoms. The molecule has 8 nitrogen and oxygen atoms in total. The van der Waals surface area contributed by atoms with E-state index in [1.807, 2.05) is 34.1 Å². The van der Waals surface area contributed by atoms with Crippen molar-refractivity contribution in [2.45, 2.75) is 44.0 Å². The van der Waals surface area contributed by atoms with Crippen molar-refractivity contribution in [2.24, 2.45) is 0 Å². The summed E-state index contributed by atoms with van der Waals surface area (Å²) in [6.07, 6.45) is 3.62. The molecule has 29 heavy (non-hydrogen) atoms. The van der Waals surface area contributed by atoms with E-state index in [9.17, 15) is 9.59 Å². The molecule has 3 heterocycles. The van der Waals surface area contributed by atoms with Crippen LogP contribution in [0.3, 0.4) is 0 Å². The van der Waals surface area contributed by atoms with E-state index in [0.29, 0.717) is 13.1 Å². The lowest BCUT2D eigenvalue weighted by Gasteiger charge is -2.42. The molecule has 5 rings (SSSR count).